The van der Waals surface area contributed by atoms with E-state index in [9.17, 15) is 18.3 Å². The number of anilines is 1. The molecule has 3 unspecified atom stereocenters. The number of nitrogens with zero attached hydrogens (tertiary/aromatic N) is 5. The van der Waals surface area contributed by atoms with Gasteiger partial charge in [0, 0.05) is 35.8 Å². The van der Waals surface area contributed by atoms with E-state index in [0.717, 1.165) is 71.2 Å². The lowest BCUT2D eigenvalue weighted by Crippen LogP contribution is -2.42. The van der Waals surface area contributed by atoms with Crippen LogP contribution in [-0.2, 0) is 22.5 Å². The second kappa shape index (κ2) is 14.7. The summed E-state index contributed by atoms with van der Waals surface area (Å²) in [6.45, 7) is 10.8. The van der Waals surface area contributed by atoms with Gasteiger partial charge in [-0.15, -0.1) is 0 Å². The van der Waals surface area contributed by atoms with Crippen LogP contribution in [0.5, 0.6) is 5.88 Å². The van der Waals surface area contributed by atoms with Crippen LogP contribution in [0, 0.1) is 25.7 Å². The molecule has 3 aromatic heterocycles. The van der Waals surface area contributed by atoms with Gasteiger partial charge in [0.25, 0.3) is 10.0 Å². The maximum atomic E-state index is 13.5. The summed E-state index contributed by atoms with van der Waals surface area (Å²) in [7, 11) is -2.19. The molecule has 0 radical (unpaired) electrons. The van der Waals surface area contributed by atoms with Crippen LogP contribution in [0.3, 0.4) is 0 Å². The van der Waals surface area contributed by atoms with Crippen LogP contribution in [0.4, 0.5) is 5.95 Å². The molecule has 3 atom stereocenters. The standard InChI is InChI=1S/C41H49N7O5S/c1-24-10-7-11-25(2)37(24)31-21-36(46-40(45-31)47-54(51,52)29-14-8-13-28(19-29)39(49)50)53-23-34-27(18-26-16-17-26)12-9-15-30(43-34)33-22-42-32-20-35(41(3,4)5)48(6)38(32)44-33/h7-8,10-11,13-14,19-22,26-27,30,34,43H,9,12,15-18,23H2,1-6H3,(H,49,50)(H,45,46,47). The van der Waals surface area contributed by atoms with Crippen LogP contribution in [0.2, 0.25) is 0 Å². The number of carboxylic acids is 1. The molecule has 1 aliphatic carbocycles. The number of rotatable bonds is 11. The molecule has 12 nitrogen and oxygen atoms in total. The largest absolute Gasteiger partial charge is 0.478 e. The molecule has 2 aromatic carbocycles. The Hall–Kier alpha value is -4.88. The molecule has 2 fully saturated rings. The molecule has 0 bridgehead atoms. The van der Waals surface area contributed by atoms with Gasteiger partial charge in [-0.25, -0.2) is 27.9 Å². The van der Waals surface area contributed by atoms with E-state index < -0.39 is 16.0 Å². The number of carboxylic acid groups (broad SMARTS) is 1. The third-order valence-electron chi connectivity index (χ3n) is 10.7. The van der Waals surface area contributed by atoms with Crippen molar-refractivity contribution in [2.45, 2.75) is 95.5 Å². The van der Waals surface area contributed by atoms with Gasteiger partial charge in [0.1, 0.15) is 12.1 Å². The molecule has 1 aliphatic heterocycles. The minimum absolute atomic E-state index is 0.0211. The molecule has 1 saturated carbocycles. The molecule has 284 valence electrons. The van der Waals surface area contributed by atoms with Gasteiger partial charge in [-0.3, -0.25) is 4.98 Å². The summed E-state index contributed by atoms with van der Waals surface area (Å²) in [5.74, 6) is -0.0738. The Kier molecular flexibility index (Phi) is 10.2. The second-order valence-electron chi connectivity index (χ2n) is 16.0. The van der Waals surface area contributed by atoms with E-state index in [4.69, 9.17) is 14.7 Å². The van der Waals surface area contributed by atoms with Gasteiger partial charge in [-0.05, 0) is 80.3 Å². The Morgan fingerprint density at radius 3 is 2.44 bits per heavy atom. The second-order valence-corrected chi connectivity index (χ2v) is 17.7. The average Bonchev–Trinajstić information content (AvgIpc) is 3.91. The smallest absolute Gasteiger partial charge is 0.335 e. The lowest BCUT2D eigenvalue weighted by molar-refractivity contribution is 0.0696. The van der Waals surface area contributed by atoms with Crippen molar-refractivity contribution >= 4 is 33.1 Å². The summed E-state index contributed by atoms with van der Waals surface area (Å²) in [6.07, 6.45) is 8.55. The number of fused-ring (bicyclic) bond motifs is 1. The molecule has 0 spiro atoms. The van der Waals surface area contributed by atoms with Gasteiger partial charge in [0.15, 0.2) is 5.65 Å². The highest BCUT2D eigenvalue weighted by molar-refractivity contribution is 7.92. The first-order chi connectivity index (χ1) is 25.7. The number of ether oxygens (including phenoxy) is 1. The number of sulfonamides is 1. The van der Waals surface area contributed by atoms with E-state index in [-0.39, 0.29) is 39.8 Å². The summed E-state index contributed by atoms with van der Waals surface area (Å²) >= 11 is 0. The minimum atomic E-state index is -4.25. The van der Waals surface area contributed by atoms with E-state index >= 15 is 0 Å². The van der Waals surface area contributed by atoms with Crippen LogP contribution >= 0.6 is 0 Å². The predicted octanol–water partition coefficient (Wildman–Crippen LogP) is 7.52. The highest BCUT2D eigenvalue weighted by Gasteiger charge is 2.35. The van der Waals surface area contributed by atoms with Crippen molar-refractivity contribution in [1.29, 1.82) is 0 Å². The number of carbonyl (C=O) groups is 1. The maximum Gasteiger partial charge on any atom is 0.335 e. The van der Waals surface area contributed by atoms with E-state index in [2.05, 4.69) is 58.5 Å². The zero-order valence-electron chi connectivity index (χ0n) is 31.8. The predicted molar refractivity (Wildman–Crippen MR) is 208 cm³/mol. The Morgan fingerprint density at radius 2 is 1.74 bits per heavy atom. The Bertz CT molecular complexity index is 2290. The third-order valence-corrected chi connectivity index (χ3v) is 12.1. The van der Waals surface area contributed by atoms with Crippen LogP contribution < -0.4 is 14.8 Å². The molecule has 1 saturated heterocycles. The van der Waals surface area contributed by atoms with Crippen LogP contribution in [0.25, 0.3) is 22.4 Å². The summed E-state index contributed by atoms with van der Waals surface area (Å²) in [5.41, 5.74) is 6.94. The van der Waals surface area contributed by atoms with Crippen molar-refractivity contribution in [1.82, 2.24) is 29.8 Å². The first kappa shape index (κ1) is 37.4. The fraction of sp³-hybridized carbons (Fsp3) is 0.439. The molecule has 5 aromatic rings. The van der Waals surface area contributed by atoms with Crippen molar-refractivity contribution in [2.75, 3.05) is 11.3 Å². The lowest BCUT2D eigenvalue weighted by atomic mass is 9.90. The molecular weight excluding hydrogens is 703 g/mol. The number of hydrogen-bond acceptors (Lipinski definition) is 9. The fourth-order valence-electron chi connectivity index (χ4n) is 7.76. The average molecular weight is 752 g/mol. The van der Waals surface area contributed by atoms with Gasteiger partial charge < -0.3 is 19.7 Å². The molecule has 0 amide bonds. The molecule has 7 rings (SSSR count). The first-order valence-corrected chi connectivity index (χ1v) is 20.2. The molecular formula is C41H49N7O5S. The van der Waals surface area contributed by atoms with Crippen molar-refractivity contribution < 1.29 is 23.1 Å². The minimum Gasteiger partial charge on any atom is -0.478 e. The number of aromatic nitrogens is 5. The number of aromatic carboxylic acids is 1. The first-order valence-electron chi connectivity index (χ1n) is 18.7. The zero-order valence-corrected chi connectivity index (χ0v) is 32.6. The Morgan fingerprint density at radius 1 is 1.00 bits per heavy atom. The number of aryl methyl sites for hydroxylation is 3. The van der Waals surface area contributed by atoms with E-state index in [1.54, 1.807) is 6.07 Å². The van der Waals surface area contributed by atoms with E-state index in [1.807, 2.05) is 38.2 Å². The summed E-state index contributed by atoms with van der Waals surface area (Å²) in [6, 6.07) is 14.9. The fourth-order valence-corrected chi connectivity index (χ4v) is 8.75. The van der Waals surface area contributed by atoms with E-state index in [0.29, 0.717) is 18.2 Å². The highest BCUT2D eigenvalue weighted by atomic mass is 32.2. The number of benzene rings is 2. The molecule has 4 heterocycles. The zero-order chi connectivity index (χ0) is 38.4. The van der Waals surface area contributed by atoms with Crippen LogP contribution in [0.15, 0.2) is 65.7 Å². The topological polar surface area (TPSA) is 161 Å². The van der Waals surface area contributed by atoms with Gasteiger partial charge in [0.05, 0.1) is 34.1 Å². The third kappa shape index (κ3) is 8.12. The van der Waals surface area contributed by atoms with E-state index in [1.165, 1.54) is 36.7 Å². The van der Waals surface area contributed by atoms with Crippen molar-refractivity contribution in [3.8, 4) is 17.1 Å². The van der Waals surface area contributed by atoms with Crippen molar-refractivity contribution in [3.05, 3.63) is 88.9 Å². The summed E-state index contributed by atoms with van der Waals surface area (Å²) < 4.78 is 38.2. The SMILES string of the molecule is Cc1cccc(C)c1-c1cc(OCC2NC(c3cnc4cc(C(C)(C)C)n(C)c4n3)CCCC2CC2CC2)nc(NS(=O)(=O)c2cccc(C(=O)O)c2)n1. The normalized spacial score (nSPS) is 19.4. The lowest BCUT2D eigenvalue weighted by Gasteiger charge is -2.28. The number of hydrogen-bond donors (Lipinski definition) is 3. The Labute approximate surface area is 316 Å². The molecule has 2 aliphatic rings. The van der Waals surface area contributed by atoms with Gasteiger partial charge in [-0.2, -0.15) is 4.98 Å². The monoisotopic (exact) mass is 751 g/mol. The summed E-state index contributed by atoms with van der Waals surface area (Å²) in [4.78, 5) is 30.6. The van der Waals surface area contributed by atoms with Crippen LogP contribution in [0.1, 0.15) is 98.2 Å². The molecule has 54 heavy (non-hydrogen) atoms. The van der Waals surface area contributed by atoms with Gasteiger partial charge >= 0.3 is 5.97 Å². The number of nitrogens with one attached hydrogen (secondary N) is 2. The quantitative estimate of drug-likeness (QED) is 0.123. The summed E-state index contributed by atoms with van der Waals surface area (Å²) in [5, 5.41) is 13.4. The highest BCUT2D eigenvalue weighted by Crippen LogP contribution is 2.40. The molecule has 13 heteroatoms. The Balaban J connectivity index is 1.20. The van der Waals surface area contributed by atoms with Crippen LogP contribution in [-0.4, -0.2) is 56.6 Å². The molecule has 3 N–H and O–H groups in total. The van der Waals surface area contributed by atoms with Gasteiger partial charge in [0.2, 0.25) is 11.8 Å². The maximum absolute atomic E-state index is 13.5. The van der Waals surface area contributed by atoms with Crippen molar-refractivity contribution in [3.63, 3.8) is 0 Å². The van der Waals surface area contributed by atoms with Gasteiger partial charge in [-0.1, -0.05) is 64.3 Å². The van der Waals surface area contributed by atoms with Crippen molar-refractivity contribution in [2.24, 2.45) is 18.9 Å².